The van der Waals surface area contributed by atoms with Gasteiger partial charge in [-0.25, -0.2) is 29.3 Å². The fraction of sp³-hybridized carbons (Fsp3) is 0.235. The van der Waals surface area contributed by atoms with Crippen molar-refractivity contribution in [1.29, 1.82) is 0 Å². The quantitative estimate of drug-likeness (QED) is 0.192. The molecule has 0 bridgehead atoms. The van der Waals surface area contributed by atoms with Crippen molar-refractivity contribution in [3.8, 4) is 0 Å². The molecule has 0 aliphatic carbocycles. The van der Waals surface area contributed by atoms with Crippen LogP contribution in [0.25, 0.3) is 11.2 Å². The number of fused-ring (bicyclic) bond motifs is 1. The predicted molar refractivity (Wildman–Crippen MR) is 166 cm³/mol. The highest BCUT2D eigenvalue weighted by Crippen LogP contribution is 2.37. The Balaban J connectivity index is 1.37. The van der Waals surface area contributed by atoms with Crippen LogP contribution < -0.4 is 5.73 Å². The van der Waals surface area contributed by atoms with Crippen LogP contribution in [0.4, 0.5) is 5.82 Å². The number of carbonyl (C=O) groups is 3. The van der Waals surface area contributed by atoms with Gasteiger partial charge in [-0.05, 0) is 57.2 Å². The molecule has 12 nitrogen and oxygen atoms in total. The van der Waals surface area contributed by atoms with Crippen molar-refractivity contribution < 1.29 is 33.3 Å². The number of benzene rings is 3. The molecule has 12 heteroatoms. The average Bonchev–Trinajstić information content (AvgIpc) is 3.62. The summed E-state index contributed by atoms with van der Waals surface area (Å²) in [6, 6.07) is 20.6. The number of nitrogen functional groups attached to an aromatic ring is 1. The summed E-state index contributed by atoms with van der Waals surface area (Å²) in [6.45, 7) is 5.38. The molecular formula is C34H31N5O7. The molecule has 0 amide bonds. The van der Waals surface area contributed by atoms with E-state index in [0.29, 0.717) is 16.7 Å². The first-order valence-corrected chi connectivity index (χ1v) is 14.6. The minimum absolute atomic E-state index is 0.140. The zero-order chi connectivity index (χ0) is 32.4. The van der Waals surface area contributed by atoms with Crippen molar-refractivity contribution in [2.45, 2.75) is 45.3 Å². The summed E-state index contributed by atoms with van der Waals surface area (Å²) in [5, 5.41) is 0. The Kier molecular flexibility index (Phi) is 8.45. The number of ether oxygens (including phenoxy) is 4. The van der Waals surface area contributed by atoms with E-state index in [1.165, 1.54) is 17.2 Å². The Morgan fingerprint density at radius 2 is 1.22 bits per heavy atom. The second-order valence-electron chi connectivity index (χ2n) is 11.1. The molecule has 4 atom stereocenters. The summed E-state index contributed by atoms with van der Waals surface area (Å²) >= 11 is 0. The van der Waals surface area contributed by atoms with E-state index in [1.54, 1.807) is 72.8 Å². The van der Waals surface area contributed by atoms with Crippen LogP contribution in [0, 0.1) is 20.8 Å². The van der Waals surface area contributed by atoms with Gasteiger partial charge in [-0.3, -0.25) is 4.57 Å². The van der Waals surface area contributed by atoms with Gasteiger partial charge in [0.25, 0.3) is 0 Å². The summed E-state index contributed by atoms with van der Waals surface area (Å²) in [6.07, 6.45) is -1.90. The van der Waals surface area contributed by atoms with Gasteiger partial charge in [0.15, 0.2) is 29.9 Å². The minimum Gasteiger partial charge on any atom is -0.459 e. The van der Waals surface area contributed by atoms with E-state index in [0.717, 1.165) is 16.7 Å². The van der Waals surface area contributed by atoms with Crippen LogP contribution in [-0.2, 0) is 18.9 Å². The zero-order valence-corrected chi connectivity index (χ0v) is 25.3. The number of esters is 3. The number of aryl methyl sites for hydroxylation is 3. The molecule has 1 aliphatic heterocycles. The fourth-order valence-corrected chi connectivity index (χ4v) is 5.08. The van der Waals surface area contributed by atoms with Crippen LogP contribution in [0.5, 0.6) is 0 Å². The number of aromatic nitrogens is 4. The Morgan fingerprint density at radius 3 is 1.76 bits per heavy atom. The highest BCUT2D eigenvalue weighted by Gasteiger charge is 2.52. The third-order valence-electron chi connectivity index (χ3n) is 7.67. The van der Waals surface area contributed by atoms with Crippen molar-refractivity contribution in [3.63, 3.8) is 0 Å². The van der Waals surface area contributed by atoms with Crippen molar-refractivity contribution >= 4 is 34.9 Å². The maximum Gasteiger partial charge on any atom is 0.338 e. The molecule has 3 heterocycles. The second kappa shape index (κ2) is 12.8. The molecule has 2 N–H and O–H groups in total. The number of rotatable bonds is 8. The van der Waals surface area contributed by atoms with E-state index in [-0.39, 0.29) is 23.6 Å². The van der Waals surface area contributed by atoms with Gasteiger partial charge in [-0.2, -0.15) is 0 Å². The molecule has 5 aromatic rings. The summed E-state index contributed by atoms with van der Waals surface area (Å²) < 4.78 is 25.6. The lowest BCUT2D eigenvalue weighted by molar-refractivity contribution is -0.0606. The van der Waals surface area contributed by atoms with E-state index < -0.39 is 42.4 Å². The summed E-state index contributed by atoms with van der Waals surface area (Å²) in [5.41, 5.74) is 10.4. The topological polar surface area (TPSA) is 158 Å². The van der Waals surface area contributed by atoms with Crippen LogP contribution >= 0.6 is 0 Å². The van der Waals surface area contributed by atoms with Gasteiger partial charge in [0.05, 0.1) is 23.0 Å². The lowest BCUT2D eigenvalue weighted by Gasteiger charge is -2.25. The first-order valence-electron chi connectivity index (χ1n) is 14.6. The van der Waals surface area contributed by atoms with Crippen molar-refractivity contribution in [2.75, 3.05) is 12.3 Å². The first kappa shape index (κ1) is 30.4. The van der Waals surface area contributed by atoms with E-state index in [1.807, 2.05) is 20.8 Å². The number of carbonyl (C=O) groups excluding carboxylic acids is 3. The summed E-state index contributed by atoms with van der Waals surface area (Å²) in [4.78, 5) is 52.6. The molecule has 46 heavy (non-hydrogen) atoms. The molecule has 1 saturated heterocycles. The molecular weight excluding hydrogens is 590 g/mol. The zero-order valence-electron chi connectivity index (χ0n) is 25.3. The predicted octanol–water partition coefficient (Wildman–Crippen LogP) is 4.54. The maximum atomic E-state index is 13.5. The molecule has 1 aliphatic rings. The smallest absolute Gasteiger partial charge is 0.338 e. The molecule has 1 fully saturated rings. The van der Waals surface area contributed by atoms with Crippen LogP contribution in [0.3, 0.4) is 0 Å². The van der Waals surface area contributed by atoms with Gasteiger partial charge in [0, 0.05) is 0 Å². The fourth-order valence-electron chi connectivity index (χ4n) is 5.08. The van der Waals surface area contributed by atoms with Crippen molar-refractivity contribution in [3.05, 3.63) is 119 Å². The van der Waals surface area contributed by atoms with Gasteiger partial charge < -0.3 is 24.7 Å². The SMILES string of the molecule is Cc1ccc(C(=O)OC[C@H]2O[C@@H](n3cnc4c(N)ncnc43)[C@H](OC(=O)c3ccc(C)cc3)[C@@H]2OC(=O)c2ccc(C)cc2)cc1. The number of hydrogen-bond acceptors (Lipinski definition) is 11. The maximum absolute atomic E-state index is 13.5. The largest absolute Gasteiger partial charge is 0.459 e. The van der Waals surface area contributed by atoms with Crippen LogP contribution in [0.15, 0.2) is 85.5 Å². The average molecular weight is 622 g/mol. The highest BCUT2D eigenvalue weighted by molar-refractivity contribution is 5.91. The first-order chi connectivity index (χ1) is 22.2. The van der Waals surface area contributed by atoms with Crippen LogP contribution in [0.1, 0.15) is 54.0 Å². The Bertz CT molecular complexity index is 1890. The summed E-state index contributed by atoms with van der Waals surface area (Å²) in [5.74, 6) is -1.81. The van der Waals surface area contributed by atoms with E-state index in [2.05, 4.69) is 15.0 Å². The number of nitrogens with zero attached hydrogens (tertiary/aromatic N) is 4. The molecule has 3 aromatic carbocycles. The number of nitrogens with two attached hydrogens (primary N) is 1. The lowest BCUT2D eigenvalue weighted by Crippen LogP contribution is -2.41. The Morgan fingerprint density at radius 1 is 0.717 bits per heavy atom. The molecule has 2 aromatic heterocycles. The molecule has 6 rings (SSSR count). The summed E-state index contributed by atoms with van der Waals surface area (Å²) in [7, 11) is 0. The van der Waals surface area contributed by atoms with E-state index in [9.17, 15) is 14.4 Å². The monoisotopic (exact) mass is 621 g/mol. The molecule has 0 radical (unpaired) electrons. The van der Waals surface area contributed by atoms with Gasteiger partial charge in [-0.1, -0.05) is 53.1 Å². The standard InChI is InChI=1S/C34H31N5O7/c1-19-4-10-22(11-5-19)32(40)43-16-25-27(45-33(41)23-12-6-20(2)7-13-23)28(46-34(42)24-14-8-21(3)9-15-24)31(44-25)39-18-38-26-29(35)36-17-37-30(26)39/h4-15,17-18,25,27-28,31H,16H2,1-3H3,(H2,35,36,37)/t25-,27-,28-,31-/m1/s1. The number of anilines is 1. The van der Waals surface area contributed by atoms with Crippen LogP contribution in [-0.4, -0.2) is 62.3 Å². The number of hydrogen-bond donors (Lipinski definition) is 1. The molecule has 234 valence electrons. The van der Waals surface area contributed by atoms with Gasteiger partial charge in [-0.15, -0.1) is 0 Å². The van der Waals surface area contributed by atoms with E-state index >= 15 is 0 Å². The molecule has 0 unspecified atom stereocenters. The van der Waals surface area contributed by atoms with Gasteiger partial charge >= 0.3 is 17.9 Å². The van der Waals surface area contributed by atoms with Crippen LogP contribution in [0.2, 0.25) is 0 Å². The molecule has 0 spiro atoms. The highest BCUT2D eigenvalue weighted by atomic mass is 16.7. The van der Waals surface area contributed by atoms with E-state index in [4.69, 9.17) is 24.7 Å². The van der Waals surface area contributed by atoms with Crippen molar-refractivity contribution in [1.82, 2.24) is 19.5 Å². The lowest BCUT2D eigenvalue weighted by atomic mass is 10.1. The minimum atomic E-state index is -1.22. The molecule has 0 saturated carbocycles. The third kappa shape index (κ3) is 6.28. The Labute approximate surface area is 264 Å². The normalized spacial score (nSPS) is 19.1. The van der Waals surface area contributed by atoms with Gasteiger partial charge in [0.2, 0.25) is 0 Å². The number of imidazole rings is 1. The van der Waals surface area contributed by atoms with Crippen molar-refractivity contribution in [2.24, 2.45) is 0 Å². The third-order valence-corrected chi connectivity index (χ3v) is 7.67. The van der Waals surface area contributed by atoms with Gasteiger partial charge in [0.1, 0.15) is 24.6 Å². The Hall–Kier alpha value is -5.62. The second-order valence-corrected chi connectivity index (χ2v) is 11.1.